The number of hydrogen-bond acceptors (Lipinski definition) is 5. The van der Waals surface area contributed by atoms with Crippen LogP contribution >= 0.6 is 11.3 Å². The number of nitrogens with zero attached hydrogens (tertiary/aromatic N) is 2. The fourth-order valence-electron chi connectivity index (χ4n) is 2.30. The first kappa shape index (κ1) is 15.3. The maximum atomic E-state index is 12.1. The van der Waals surface area contributed by atoms with Crippen LogP contribution < -0.4 is 10.1 Å². The SMILES string of the molecule is O=C(Nc1ccc2ccc(Oc3ccccc3)nc2n1)c1ccsc1. The highest BCUT2D eigenvalue weighted by Crippen LogP contribution is 2.22. The molecular weight excluding hydrogens is 334 g/mol. The van der Waals surface area contributed by atoms with Gasteiger partial charge >= 0.3 is 0 Å². The molecule has 0 spiro atoms. The normalized spacial score (nSPS) is 10.6. The van der Waals surface area contributed by atoms with E-state index >= 15 is 0 Å². The van der Waals surface area contributed by atoms with Gasteiger partial charge in [-0.2, -0.15) is 16.3 Å². The zero-order valence-corrected chi connectivity index (χ0v) is 13.9. The molecule has 0 saturated heterocycles. The number of carbonyl (C=O) groups excluding carboxylic acids is 1. The van der Waals surface area contributed by atoms with Crippen LogP contribution in [-0.2, 0) is 0 Å². The van der Waals surface area contributed by atoms with Crippen molar-refractivity contribution in [3.8, 4) is 11.6 Å². The zero-order chi connectivity index (χ0) is 17.1. The van der Waals surface area contributed by atoms with Crippen molar-refractivity contribution in [1.82, 2.24) is 9.97 Å². The molecule has 0 fully saturated rings. The first-order valence-corrected chi connectivity index (χ1v) is 8.56. The van der Waals surface area contributed by atoms with Gasteiger partial charge in [-0.15, -0.1) is 0 Å². The molecule has 0 atom stereocenters. The number of hydrogen-bond donors (Lipinski definition) is 1. The van der Waals surface area contributed by atoms with Gasteiger partial charge in [-0.3, -0.25) is 4.79 Å². The number of aromatic nitrogens is 2. The van der Waals surface area contributed by atoms with Crippen molar-refractivity contribution in [2.75, 3.05) is 5.32 Å². The van der Waals surface area contributed by atoms with Crippen molar-refractivity contribution in [3.63, 3.8) is 0 Å². The van der Waals surface area contributed by atoms with E-state index in [9.17, 15) is 4.79 Å². The average Bonchev–Trinajstić information content (AvgIpc) is 3.17. The Kier molecular flexibility index (Phi) is 4.10. The van der Waals surface area contributed by atoms with Crippen LogP contribution in [0, 0.1) is 0 Å². The Bertz CT molecular complexity index is 1020. The van der Waals surface area contributed by atoms with Crippen LogP contribution in [-0.4, -0.2) is 15.9 Å². The van der Waals surface area contributed by atoms with E-state index in [2.05, 4.69) is 15.3 Å². The van der Waals surface area contributed by atoms with Gasteiger partial charge in [-0.25, -0.2) is 4.98 Å². The summed E-state index contributed by atoms with van der Waals surface area (Å²) in [6, 6.07) is 18.5. The van der Waals surface area contributed by atoms with Gasteiger partial charge in [-0.1, -0.05) is 18.2 Å². The van der Waals surface area contributed by atoms with Gasteiger partial charge in [0.2, 0.25) is 5.88 Å². The molecule has 0 radical (unpaired) electrons. The number of pyridine rings is 2. The highest BCUT2D eigenvalue weighted by atomic mass is 32.1. The quantitative estimate of drug-likeness (QED) is 0.579. The summed E-state index contributed by atoms with van der Waals surface area (Å²) in [6.07, 6.45) is 0. The van der Waals surface area contributed by atoms with Gasteiger partial charge in [0.1, 0.15) is 11.6 Å². The highest BCUT2D eigenvalue weighted by Gasteiger charge is 2.08. The molecule has 0 bridgehead atoms. The molecule has 122 valence electrons. The molecule has 5 nitrogen and oxygen atoms in total. The molecule has 0 aliphatic carbocycles. The third-order valence-electron chi connectivity index (χ3n) is 3.52. The molecule has 1 aromatic carbocycles. The molecule has 25 heavy (non-hydrogen) atoms. The predicted molar refractivity (Wildman–Crippen MR) is 98.3 cm³/mol. The first-order valence-electron chi connectivity index (χ1n) is 7.62. The summed E-state index contributed by atoms with van der Waals surface area (Å²) in [4.78, 5) is 21.0. The molecular formula is C19H13N3O2S. The van der Waals surface area contributed by atoms with E-state index in [1.807, 2.05) is 47.8 Å². The van der Waals surface area contributed by atoms with E-state index in [-0.39, 0.29) is 5.91 Å². The number of benzene rings is 1. The minimum absolute atomic E-state index is 0.190. The minimum Gasteiger partial charge on any atom is -0.439 e. The van der Waals surface area contributed by atoms with Gasteiger partial charge in [0.05, 0.1) is 5.56 Å². The topological polar surface area (TPSA) is 64.1 Å². The molecule has 3 aromatic heterocycles. The van der Waals surface area contributed by atoms with E-state index in [1.165, 1.54) is 11.3 Å². The second-order valence-corrected chi connectivity index (χ2v) is 6.05. The number of rotatable bonds is 4. The first-order chi connectivity index (χ1) is 12.3. The van der Waals surface area contributed by atoms with Crippen LogP contribution in [0.3, 0.4) is 0 Å². The van der Waals surface area contributed by atoms with Crippen LogP contribution in [0.25, 0.3) is 11.0 Å². The lowest BCUT2D eigenvalue weighted by molar-refractivity contribution is 0.102. The lowest BCUT2D eigenvalue weighted by Crippen LogP contribution is -2.12. The number of ether oxygens (including phenoxy) is 1. The minimum atomic E-state index is -0.190. The van der Waals surface area contributed by atoms with Crippen molar-refractivity contribution in [2.24, 2.45) is 0 Å². The fraction of sp³-hybridized carbons (Fsp3) is 0. The Morgan fingerprint density at radius 3 is 2.60 bits per heavy atom. The van der Waals surface area contributed by atoms with E-state index < -0.39 is 0 Å². The lowest BCUT2D eigenvalue weighted by atomic mass is 10.3. The van der Waals surface area contributed by atoms with Gasteiger partial charge in [0.25, 0.3) is 5.91 Å². The predicted octanol–water partition coefficient (Wildman–Crippen LogP) is 4.74. The van der Waals surface area contributed by atoms with Crippen molar-refractivity contribution >= 4 is 34.1 Å². The van der Waals surface area contributed by atoms with Crippen LogP contribution in [0.2, 0.25) is 0 Å². The van der Waals surface area contributed by atoms with Gasteiger partial charge in [0.15, 0.2) is 5.65 Å². The van der Waals surface area contributed by atoms with Gasteiger partial charge in [-0.05, 0) is 41.8 Å². The number of anilines is 1. The number of amides is 1. The van der Waals surface area contributed by atoms with Crippen molar-refractivity contribution < 1.29 is 9.53 Å². The summed E-state index contributed by atoms with van der Waals surface area (Å²) in [6.45, 7) is 0. The van der Waals surface area contributed by atoms with E-state index in [0.717, 1.165) is 5.39 Å². The highest BCUT2D eigenvalue weighted by molar-refractivity contribution is 7.08. The standard InChI is InChI=1S/C19H13N3O2S/c23-19(14-10-11-25-12-14)21-16-8-6-13-7-9-17(22-18(13)20-16)24-15-4-2-1-3-5-15/h1-12H,(H,20,21,22,23). The van der Waals surface area contributed by atoms with Crippen molar-refractivity contribution in [3.05, 3.63) is 77.0 Å². The van der Waals surface area contributed by atoms with E-state index in [4.69, 9.17) is 4.74 Å². The molecule has 0 saturated carbocycles. The molecule has 1 amide bonds. The summed E-state index contributed by atoms with van der Waals surface area (Å²) < 4.78 is 5.73. The second-order valence-electron chi connectivity index (χ2n) is 5.27. The van der Waals surface area contributed by atoms with E-state index in [0.29, 0.717) is 28.7 Å². The van der Waals surface area contributed by atoms with Gasteiger partial charge < -0.3 is 10.1 Å². The Morgan fingerprint density at radius 2 is 1.80 bits per heavy atom. The Balaban J connectivity index is 1.59. The fourth-order valence-corrected chi connectivity index (χ4v) is 2.94. The summed E-state index contributed by atoms with van der Waals surface area (Å²) in [5.41, 5.74) is 1.12. The third-order valence-corrected chi connectivity index (χ3v) is 4.20. The largest absolute Gasteiger partial charge is 0.439 e. The van der Waals surface area contributed by atoms with Crippen molar-refractivity contribution in [2.45, 2.75) is 0 Å². The van der Waals surface area contributed by atoms with Crippen molar-refractivity contribution in [1.29, 1.82) is 0 Å². The number of nitrogens with one attached hydrogen (secondary N) is 1. The summed E-state index contributed by atoms with van der Waals surface area (Å²) in [5, 5.41) is 7.30. The molecule has 4 rings (SSSR count). The van der Waals surface area contributed by atoms with Gasteiger partial charge in [0, 0.05) is 16.8 Å². The number of para-hydroxylation sites is 1. The molecule has 4 aromatic rings. The van der Waals surface area contributed by atoms with Crippen LogP contribution in [0.5, 0.6) is 11.6 Å². The molecule has 6 heteroatoms. The molecule has 0 aliphatic heterocycles. The summed E-state index contributed by atoms with van der Waals surface area (Å²) >= 11 is 1.47. The zero-order valence-electron chi connectivity index (χ0n) is 13.0. The van der Waals surface area contributed by atoms with Crippen LogP contribution in [0.4, 0.5) is 5.82 Å². The number of fused-ring (bicyclic) bond motifs is 1. The maximum Gasteiger partial charge on any atom is 0.257 e. The molecule has 0 aliphatic rings. The Labute approximate surface area is 147 Å². The number of carbonyl (C=O) groups is 1. The summed E-state index contributed by atoms with van der Waals surface area (Å²) in [7, 11) is 0. The monoisotopic (exact) mass is 347 g/mol. The lowest BCUT2D eigenvalue weighted by Gasteiger charge is -2.07. The molecule has 3 heterocycles. The summed E-state index contributed by atoms with van der Waals surface area (Å²) in [5.74, 6) is 1.42. The smallest absolute Gasteiger partial charge is 0.257 e. The van der Waals surface area contributed by atoms with Crippen LogP contribution in [0.1, 0.15) is 10.4 Å². The third kappa shape index (κ3) is 3.49. The number of thiophene rings is 1. The average molecular weight is 347 g/mol. The Morgan fingerprint density at radius 1 is 0.960 bits per heavy atom. The second kappa shape index (κ2) is 6.70. The van der Waals surface area contributed by atoms with E-state index in [1.54, 1.807) is 23.6 Å². The van der Waals surface area contributed by atoms with Crippen LogP contribution in [0.15, 0.2) is 71.4 Å². The maximum absolute atomic E-state index is 12.1. The molecule has 1 N–H and O–H groups in total. The molecule has 0 unspecified atom stereocenters. The Hall–Kier alpha value is -3.25.